The molecule has 0 radical (unpaired) electrons. The summed E-state index contributed by atoms with van der Waals surface area (Å²) in [6, 6.07) is 19.4. The van der Waals surface area contributed by atoms with Crippen molar-refractivity contribution in [1.82, 2.24) is 4.90 Å². The van der Waals surface area contributed by atoms with Crippen molar-refractivity contribution in [2.45, 2.75) is 59.0 Å². The molecule has 0 amide bonds. The molecule has 206 valence electrons. The maximum Gasteiger partial charge on any atom is 0.122 e. The van der Waals surface area contributed by atoms with Gasteiger partial charge in [0.1, 0.15) is 17.6 Å². The van der Waals surface area contributed by atoms with Gasteiger partial charge in [-0.05, 0) is 134 Å². The number of halogens is 1. The van der Waals surface area contributed by atoms with Crippen molar-refractivity contribution in [3.05, 3.63) is 88.0 Å². The van der Waals surface area contributed by atoms with Crippen LogP contribution in [0.3, 0.4) is 0 Å². The number of hydrogen-bond acceptors (Lipinski definition) is 4. The van der Waals surface area contributed by atoms with E-state index < -0.39 is 0 Å². The maximum atomic E-state index is 12.6. The van der Waals surface area contributed by atoms with Gasteiger partial charge in [0.25, 0.3) is 0 Å². The number of ether oxygens (including phenoxy) is 2. The van der Waals surface area contributed by atoms with Crippen molar-refractivity contribution < 1.29 is 13.9 Å². The SMILES string of the molecule is CCOc1cc(C)c(C2=C(c3ccc(O[C@H]4CCN(CCCF)C4)cc3)c3ccc(N)cc3CCC2)cc1C. The minimum atomic E-state index is -0.257. The second kappa shape index (κ2) is 12.3. The smallest absolute Gasteiger partial charge is 0.122 e. The topological polar surface area (TPSA) is 47.7 Å². The number of rotatable bonds is 9. The van der Waals surface area contributed by atoms with Crippen LogP contribution in [-0.2, 0) is 6.42 Å². The summed E-state index contributed by atoms with van der Waals surface area (Å²) in [4.78, 5) is 2.30. The Morgan fingerprint density at radius 1 is 0.974 bits per heavy atom. The molecule has 1 fully saturated rings. The summed E-state index contributed by atoms with van der Waals surface area (Å²) >= 11 is 0. The highest BCUT2D eigenvalue weighted by molar-refractivity contribution is 6.00. The second-order valence-electron chi connectivity index (χ2n) is 10.9. The number of nitrogens with two attached hydrogens (primary N) is 1. The van der Waals surface area contributed by atoms with Gasteiger partial charge in [-0.3, -0.25) is 9.29 Å². The molecule has 3 aromatic carbocycles. The third kappa shape index (κ3) is 6.14. The first-order chi connectivity index (χ1) is 19.0. The summed E-state index contributed by atoms with van der Waals surface area (Å²) in [5.74, 6) is 1.84. The van der Waals surface area contributed by atoms with Gasteiger partial charge in [0.05, 0.1) is 13.3 Å². The van der Waals surface area contributed by atoms with Crippen LogP contribution in [0.1, 0.15) is 66.0 Å². The minimum Gasteiger partial charge on any atom is -0.494 e. The Morgan fingerprint density at radius 3 is 2.56 bits per heavy atom. The first-order valence-corrected chi connectivity index (χ1v) is 14.4. The lowest BCUT2D eigenvalue weighted by Crippen LogP contribution is -2.26. The lowest BCUT2D eigenvalue weighted by Gasteiger charge is -2.20. The molecule has 1 atom stereocenters. The predicted molar refractivity (Wildman–Crippen MR) is 159 cm³/mol. The van der Waals surface area contributed by atoms with E-state index in [4.69, 9.17) is 15.2 Å². The van der Waals surface area contributed by atoms with Crippen LogP contribution in [0.2, 0.25) is 0 Å². The zero-order valence-corrected chi connectivity index (χ0v) is 23.6. The normalized spacial score (nSPS) is 17.7. The fraction of sp³-hybridized carbons (Fsp3) is 0.412. The monoisotopic (exact) mass is 528 g/mol. The Hall–Kier alpha value is -3.31. The molecule has 1 aliphatic heterocycles. The van der Waals surface area contributed by atoms with E-state index in [1.807, 2.05) is 13.0 Å². The van der Waals surface area contributed by atoms with Crippen LogP contribution in [0, 0.1) is 13.8 Å². The number of alkyl halides is 1. The average Bonchev–Trinajstić information content (AvgIpc) is 3.29. The molecule has 2 aliphatic rings. The van der Waals surface area contributed by atoms with Crippen molar-refractivity contribution >= 4 is 16.8 Å². The molecule has 39 heavy (non-hydrogen) atoms. The van der Waals surface area contributed by atoms with Crippen molar-refractivity contribution in [1.29, 1.82) is 0 Å². The summed E-state index contributed by atoms with van der Waals surface area (Å²) in [6.45, 7) is 9.39. The van der Waals surface area contributed by atoms with Gasteiger partial charge in [-0.15, -0.1) is 0 Å². The molecule has 5 rings (SSSR count). The van der Waals surface area contributed by atoms with Gasteiger partial charge in [-0.2, -0.15) is 0 Å². The third-order valence-corrected chi connectivity index (χ3v) is 8.00. The Balaban J connectivity index is 1.51. The summed E-state index contributed by atoms with van der Waals surface area (Å²) in [7, 11) is 0. The fourth-order valence-electron chi connectivity index (χ4n) is 6.10. The Morgan fingerprint density at radius 2 is 1.79 bits per heavy atom. The molecule has 4 nitrogen and oxygen atoms in total. The van der Waals surface area contributed by atoms with E-state index >= 15 is 0 Å². The quantitative estimate of drug-likeness (QED) is 0.294. The predicted octanol–water partition coefficient (Wildman–Crippen LogP) is 7.39. The molecule has 5 heteroatoms. The Labute approximate surface area is 232 Å². The number of nitrogen functional groups attached to an aromatic ring is 1. The van der Waals surface area contributed by atoms with E-state index in [-0.39, 0.29) is 12.8 Å². The molecule has 1 saturated heterocycles. The molecule has 0 unspecified atom stereocenters. The van der Waals surface area contributed by atoms with Crippen LogP contribution >= 0.6 is 0 Å². The number of benzene rings is 3. The maximum absolute atomic E-state index is 12.6. The lowest BCUT2D eigenvalue weighted by molar-refractivity contribution is 0.198. The molecular formula is C34H41FN2O2. The standard InChI is InChI=1S/C34H41FN2O2/c1-4-38-33-20-23(2)32(19-24(33)3)31-8-5-7-26-21-27(36)11-14-30(26)34(31)25-9-12-28(13-10-25)39-29-15-18-37(22-29)17-6-16-35/h9-14,19-21,29H,4-8,15-18,22,36H2,1-3H3/t29-/m0/s1. The molecular weight excluding hydrogens is 487 g/mol. The van der Waals surface area contributed by atoms with E-state index in [9.17, 15) is 4.39 Å². The zero-order chi connectivity index (χ0) is 27.4. The largest absolute Gasteiger partial charge is 0.494 e. The van der Waals surface area contributed by atoms with E-state index in [1.54, 1.807) is 0 Å². The van der Waals surface area contributed by atoms with Crippen molar-refractivity contribution in [2.24, 2.45) is 0 Å². The fourth-order valence-corrected chi connectivity index (χ4v) is 6.10. The van der Waals surface area contributed by atoms with Crippen LogP contribution in [0.15, 0.2) is 54.6 Å². The van der Waals surface area contributed by atoms with Gasteiger partial charge in [-0.1, -0.05) is 18.2 Å². The van der Waals surface area contributed by atoms with Crippen LogP contribution < -0.4 is 15.2 Å². The van der Waals surface area contributed by atoms with Gasteiger partial charge in [-0.25, -0.2) is 0 Å². The number of allylic oxidation sites excluding steroid dienone is 1. The zero-order valence-electron chi connectivity index (χ0n) is 23.6. The number of hydrogen-bond donors (Lipinski definition) is 1. The van der Waals surface area contributed by atoms with Gasteiger partial charge < -0.3 is 15.2 Å². The minimum absolute atomic E-state index is 0.154. The van der Waals surface area contributed by atoms with Crippen LogP contribution in [0.4, 0.5) is 10.1 Å². The van der Waals surface area contributed by atoms with Crippen molar-refractivity contribution in [3.8, 4) is 11.5 Å². The van der Waals surface area contributed by atoms with Crippen molar-refractivity contribution in [2.75, 3.05) is 38.6 Å². The van der Waals surface area contributed by atoms with Gasteiger partial charge >= 0.3 is 0 Å². The first kappa shape index (κ1) is 27.3. The molecule has 0 bridgehead atoms. The lowest BCUT2D eigenvalue weighted by atomic mass is 9.85. The number of anilines is 1. The summed E-state index contributed by atoms with van der Waals surface area (Å²) in [5.41, 5.74) is 17.1. The number of fused-ring (bicyclic) bond motifs is 1. The van der Waals surface area contributed by atoms with E-state index in [0.717, 1.165) is 68.1 Å². The highest BCUT2D eigenvalue weighted by Gasteiger charge is 2.25. The molecule has 1 heterocycles. The molecule has 0 saturated carbocycles. The highest BCUT2D eigenvalue weighted by Crippen LogP contribution is 2.42. The first-order valence-electron chi connectivity index (χ1n) is 14.4. The molecule has 0 spiro atoms. The summed E-state index contributed by atoms with van der Waals surface area (Å²) in [5, 5.41) is 0. The number of nitrogens with zero attached hydrogens (tertiary/aromatic N) is 1. The van der Waals surface area contributed by atoms with Gasteiger partial charge in [0, 0.05) is 25.3 Å². The molecule has 1 aliphatic carbocycles. The van der Waals surface area contributed by atoms with Crippen LogP contribution in [-0.4, -0.2) is 43.9 Å². The summed E-state index contributed by atoms with van der Waals surface area (Å²) in [6.07, 6.45) is 4.80. The van der Waals surface area contributed by atoms with Crippen molar-refractivity contribution in [3.63, 3.8) is 0 Å². The van der Waals surface area contributed by atoms with E-state index in [2.05, 4.69) is 67.3 Å². The van der Waals surface area contributed by atoms with E-state index in [0.29, 0.717) is 13.0 Å². The molecule has 0 aromatic heterocycles. The third-order valence-electron chi connectivity index (χ3n) is 8.00. The Bertz CT molecular complexity index is 1330. The number of aryl methyl sites for hydroxylation is 3. The summed E-state index contributed by atoms with van der Waals surface area (Å²) < 4.78 is 24.8. The van der Waals surface area contributed by atoms with Crippen LogP contribution in [0.25, 0.3) is 11.1 Å². The molecule has 3 aromatic rings. The van der Waals surface area contributed by atoms with Crippen LogP contribution in [0.5, 0.6) is 11.5 Å². The number of likely N-dealkylation sites (tertiary alicyclic amines) is 1. The Kier molecular flexibility index (Phi) is 8.56. The second-order valence-corrected chi connectivity index (χ2v) is 10.9. The molecule has 2 N–H and O–H groups in total. The van der Waals surface area contributed by atoms with E-state index in [1.165, 1.54) is 39.0 Å². The highest BCUT2D eigenvalue weighted by atomic mass is 19.1. The van der Waals surface area contributed by atoms with Gasteiger partial charge in [0.2, 0.25) is 0 Å². The average molecular weight is 529 g/mol. The van der Waals surface area contributed by atoms with Gasteiger partial charge in [0.15, 0.2) is 0 Å².